The highest BCUT2D eigenvalue weighted by molar-refractivity contribution is 6.35. The molecule has 2 atom stereocenters. The number of ketones is 1. The second kappa shape index (κ2) is 7.88. The number of likely N-dealkylation sites (tertiary alicyclic amines) is 1. The molecule has 0 N–H and O–H groups in total. The lowest BCUT2D eigenvalue weighted by molar-refractivity contribution is 0.0888. The van der Waals surface area contributed by atoms with Crippen molar-refractivity contribution in [3.8, 4) is 11.8 Å². The Labute approximate surface area is 166 Å². The fourth-order valence-electron chi connectivity index (χ4n) is 4.29. The van der Waals surface area contributed by atoms with E-state index < -0.39 is 0 Å². The van der Waals surface area contributed by atoms with Crippen LogP contribution in [0.2, 0.25) is 5.02 Å². The van der Waals surface area contributed by atoms with Crippen LogP contribution in [0.3, 0.4) is 0 Å². The van der Waals surface area contributed by atoms with Crippen LogP contribution < -0.4 is 0 Å². The van der Waals surface area contributed by atoms with E-state index in [1.165, 1.54) is 0 Å². The van der Waals surface area contributed by atoms with Crippen molar-refractivity contribution in [3.63, 3.8) is 0 Å². The number of carbonyl (C=O) groups is 1. The molecule has 0 bridgehead atoms. The minimum atomic E-state index is 0.0835. The minimum Gasteiger partial charge on any atom is -0.316 e. The molecular weight excluding hydrogens is 358 g/mol. The molecule has 1 saturated heterocycles. The Balaban J connectivity index is 1.94. The predicted octanol–water partition coefficient (Wildman–Crippen LogP) is 5.06. The van der Waals surface area contributed by atoms with Crippen molar-refractivity contribution in [2.45, 2.75) is 59.0 Å². The number of benzene rings is 1. The van der Waals surface area contributed by atoms with E-state index in [0.29, 0.717) is 34.8 Å². The van der Waals surface area contributed by atoms with Gasteiger partial charge in [0.25, 0.3) is 0 Å². The summed E-state index contributed by atoms with van der Waals surface area (Å²) in [6.45, 7) is 8.66. The van der Waals surface area contributed by atoms with Gasteiger partial charge < -0.3 is 4.57 Å². The molecular formula is C22H26ClN3O. The van der Waals surface area contributed by atoms with Crippen LogP contribution in [0, 0.1) is 25.2 Å². The molecule has 1 aliphatic heterocycles. The number of aromatic nitrogens is 1. The van der Waals surface area contributed by atoms with Crippen molar-refractivity contribution in [3.05, 3.63) is 51.8 Å². The van der Waals surface area contributed by atoms with Gasteiger partial charge in [0, 0.05) is 29.2 Å². The van der Waals surface area contributed by atoms with Crippen LogP contribution in [0.15, 0.2) is 24.3 Å². The summed E-state index contributed by atoms with van der Waals surface area (Å²) >= 11 is 6.60. The molecule has 2 heterocycles. The fraction of sp³-hybridized carbons (Fsp3) is 0.455. The summed E-state index contributed by atoms with van der Waals surface area (Å²) in [5, 5.41) is 9.53. The molecule has 1 fully saturated rings. The van der Waals surface area contributed by atoms with Crippen LogP contribution >= 0.6 is 11.6 Å². The minimum absolute atomic E-state index is 0.0835. The Morgan fingerprint density at radius 3 is 2.48 bits per heavy atom. The molecule has 0 spiro atoms. The van der Waals surface area contributed by atoms with E-state index in [1.807, 2.05) is 30.5 Å². The molecule has 4 nitrogen and oxygen atoms in total. The number of halogens is 1. The second-order valence-corrected chi connectivity index (χ2v) is 7.82. The molecule has 5 heteroatoms. The number of nitriles is 1. The third-order valence-corrected chi connectivity index (χ3v) is 6.32. The van der Waals surface area contributed by atoms with Gasteiger partial charge in [0.2, 0.25) is 0 Å². The molecule has 0 amide bonds. The van der Waals surface area contributed by atoms with Crippen molar-refractivity contribution in [2.75, 3.05) is 6.54 Å². The number of hydrogen-bond acceptors (Lipinski definition) is 3. The lowest BCUT2D eigenvalue weighted by atomic mass is 10.1. The third kappa shape index (κ3) is 3.54. The summed E-state index contributed by atoms with van der Waals surface area (Å²) in [6.07, 6.45) is 3.36. The standard InChI is InChI=1S/C22H26ClN3O/c1-5-18-9-6-14(2)25(18)13-20(27)21-15(3)26(16(4)22(21)23)19-10-7-17(12-24)8-11-19/h7-8,10-11,14,18H,5-6,9,13H2,1-4H3. The molecule has 0 radical (unpaired) electrons. The number of carbonyl (C=O) groups excluding carboxylic acids is 1. The summed E-state index contributed by atoms with van der Waals surface area (Å²) in [4.78, 5) is 15.5. The molecule has 1 aliphatic rings. The maximum absolute atomic E-state index is 13.2. The molecule has 27 heavy (non-hydrogen) atoms. The van der Waals surface area contributed by atoms with Gasteiger partial charge in [0.05, 0.1) is 28.8 Å². The number of nitrogens with zero attached hydrogens (tertiary/aromatic N) is 3. The molecule has 0 aliphatic carbocycles. The average Bonchev–Trinajstić information content (AvgIpc) is 3.12. The lowest BCUT2D eigenvalue weighted by Crippen LogP contribution is -2.38. The topological polar surface area (TPSA) is 49.0 Å². The van der Waals surface area contributed by atoms with E-state index in [2.05, 4.69) is 24.8 Å². The van der Waals surface area contributed by atoms with Gasteiger partial charge in [0.15, 0.2) is 5.78 Å². The van der Waals surface area contributed by atoms with Crippen molar-refractivity contribution >= 4 is 17.4 Å². The van der Waals surface area contributed by atoms with Gasteiger partial charge in [-0.2, -0.15) is 5.26 Å². The van der Waals surface area contributed by atoms with Crippen LogP contribution in [0.1, 0.15) is 60.4 Å². The van der Waals surface area contributed by atoms with E-state index in [1.54, 1.807) is 12.1 Å². The summed E-state index contributed by atoms with van der Waals surface area (Å²) in [5.41, 5.74) is 3.84. The highest BCUT2D eigenvalue weighted by Gasteiger charge is 2.32. The van der Waals surface area contributed by atoms with E-state index in [-0.39, 0.29) is 5.78 Å². The van der Waals surface area contributed by atoms with Crippen LogP contribution in [0.4, 0.5) is 0 Å². The third-order valence-electron chi connectivity index (χ3n) is 5.85. The first-order valence-corrected chi connectivity index (χ1v) is 9.93. The van der Waals surface area contributed by atoms with Gasteiger partial charge in [-0.1, -0.05) is 18.5 Å². The number of hydrogen-bond donors (Lipinski definition) is 0. The van der Waals surface area contributed by atoms with Crippen molar-refractivity contribution < 1.29 is 4.79 Å². The van der Waals surface area contributed by atoms with Crippen molar-refractivity contribution in [2.24, 2.45) is 0 Å². The lowest BCUT2D eigenvalue weighted by Gasteiger charge is -2.26. The van der Waals surface area contributed by atoms with Crippen LogP contribution in [-0.4, -0.2) is 33.9 Å². The Hall–Kier alpha value is -2.09. The zero-order valence-corrected chi connectivity index (χ0v) is 17.2. The van der Waals surface area contributed by atoms with E-state index in [4.69, 9.17) is 16.9 Å². The fourth-order valence-corrected chi connectivity index (χ4v) is 4.62. The monoisotopic (exact) mass is 383 g/mol. The molecule has 142 valence electrons. The first-order chi connectivity index (χ1) is 12.9. The summed E-state index contributed by atoms with van der Waals surface area (Å²) < 4.78 is 2.00. The zero-order valence-electron chi connectivity index (χ0n) is 16.4. The highest BCUT2D eigenvalue weighted by Crippen LogP contribution is 2.32. The summed E-state index contributed by atoms with van der Waals surface area (Å²) in [5.74, 6) is 0.0835. The SMILES string of the molecule is CCC1CCC(C)N1CC(=O)c1c(Cl)c(C)n(-c2ccc(C#N)cc2)c1C. The average molecular weight is 384 g/mol. The Bertz CT molecular complexity index is 892. The molecule has 2 unspecified atom stereocenters. The normalized spacial score (nSPS) is 20.0. The summed E-state index contributed by atoms with van der Waals surface area (Å²) in [7, 11) is 0. The van der Waals surface area contributed by atoms with Gasteiger partial charge in [-0.05, 0) is 64.3 Å². The van der Waals surface area contributed by atoms with Crippen molar-refractivity contribution in [1.82, 2.24) is 9.47 Å². The summed E-state index contributed by atoms with van der Waals surface area (Å²) in [6, 6.07) is 10.4. The number of Topliss-reactive ketones (excluding diaryl/α,β-unsaturated/α-hetero) is 1. The first-order valence-electron chi connectivity index (χ1n) is 9.55. The van der Waals surface area contributed by atoms with Gasteiger partial charge in [-0.25, -0.2) is 0 Å². The van der Waals surface area contributed by atoms with Gasteiger partial charge >= 0.3 is 0 Å². The molecule has 3 rings (SSSR count). The Morgan fingerprint density at radius 2 is 1.89 bits per heavy atom. The van der Waals surface area contributed by atoms with Crippen molar-refractivity contribution in [1.29, 1.82) is 5.26 Å². The number of rotatable bonds is 5. The second-order valence-electron chi connectivity index (χ2n) is 7.44. The van der Waals surface area contributed by atoms with E-state index in [9.17, 15) is 4.79 Å². The highest BCUT2D eigenvalue weighted by atomic mass is 35.5. The van der Waals surface area contributed by atoms with Crippen LogP contribution in [-0.2, 0) is 0 Å². The maximum Gasteiger partial charge on any atom is 0.180 e. The largest absolute Gasteiger partial charge is 0.316 e. The smallest absolute Gasteiger partial charge is 0.180 e. The maximum atomic E-state index is 13.2. The molecule has 2 aromatic rings. The van der Waals surface area contributed by atoms with E-state index >= 15 is 0 Å². The van der Waals surface area contributed by atoms with Crippen LogP contribution in [0.5, 0.6) is 0 Å². The molecule has 1 aromatic heterocycles. The quantitative estimate of drug-likeness (QED) is 0.677. The Morgan fingerprint density at radius 1 is 1.22 bits per heavy atom. The van der Waals surface area contributed by atoms with Gasteiger partial charge in [-0.3, -0.25) is 9.69 Å². The van der Waals surface area contributed by atoms with Crippen LogP contribution in [0.25, 0.3) is 5.69 Å². The molecule has 0 saturated carbocycles. The predicted molar refractivity (Wildman–Crippen MR) is 109 cm³/mol. The van der Waals surface area contributed by atoms with E-state index in [0.717, 1.165) is 36.3 Å². The van der Waals surface area contributed by atoms with Gasteiger partial charge in [-0.15, -0.1) is 0 Å². The first kappa shape index (κ1) is 19.7. The zero-order chi connectivity index (χ0) is 19.7. The van der Waals surface area contributed by atoms with Gasteiger partial charge in [0.1, 0.15) is 0 Å². The molecule has 1 aromatic carbocycles. The Kier molecular flexibility index (Phi) is 5.74.